The molecule has 4 heteroatoms. The van der Waals surface area contributed by atoms with Crippen molar-refractivity contribution >= 4 is 11.8 Å². The lowest BCUT2D eigenvalue weighted by Crippen LogP contribution is -2.47. The van der Waals surface area contributed by atoms with Crippen molar-refractivity contribution in [3.05, 3.63) is 60.2 Å². The molecule has 27 heavy (non-hydrogen) atoms. The van der Waals surface area contributed by atoms with Gasteiger partial charge in [0.2, 0.25) is 11.8 Å². The number of likely N-dealkylation sites (tertiary alicyclic amines) is 2. The molecule has 0 aliphatic carbocycles. The van der Waals surface area contributed by atoms with Crippen molar-refractivity contribution in [2.75, 3.05) is 19.6 Å². The maximum atomic E-state index is 12.7. The molecule has 0 radical (unpaired) electrons. The lowest BCUT2D eigenvalue weighted by atomic mass is 10.0. The summed E-state index contributed by atoms with van der Waals surface area (Å²) in [6.07, 6.45) is 3.94. The van der Waals surface area contributed by atoms with Gasteiger partial charge in [-0.2, -0.15) is 0 Å². The number of nitrogens with zero attached hydrogens (tertiary/aromatic N) is 2. The summed E-state index contributed by atoms with van der Waals surface area (Å²) in [6, 6.07) is 18.9. The van der Waals surface area contributed by atoms with Crippen molar-refractivity contribution in [2.45, 2.75) is 38.1 Å². The Hall–Kier alpha value is -2.62. The van der Waals surface area contributed by atoms with Crippen LogP contribution in [0.2, 0.25) is 0 Å². The molecule has 2 fully saturated rings. The maximum absolute atomic E-state index is 12.7. The first-order valence-corrected chi connectivity index (χ1v) is 9.92. The Bertz CT molecular complexity index is 793. The predicted octanol–water partition coefficient (Wildman–Crippen LogP) is 3.51. The van der Waals surface area contributed by atoms with Crippen LogP contribution < -0.4 is 0 Å². The van der Waals surface area contributed by atoms with Crippen LogP contribution in [0, 0.1) is 0 Å². The number of benzene rings is 2. The minimum absolute atomic E-state index is 0.189. The number of carbonyl (C=O) groups is 2. The molecule has 140 valence electrons. The van der Waals surface area contributed by atoms with Gasteiger partial charge in [0.1, 0.15) is 0 Å². The van der Waals surface area contributed by atoms with Gasteiger partial charge in [-0.05, 0) is 36.0 Å². The molecule has 2 aliphatic heterocycles. The van der Waals surface area contributed by atoms with Crippen LogP contribution in [0.15, 0.2) is 54.6 Å². The summed E-state index contributed by atoms with van der Waals surface area (Å²) in [5, 5.41) is 0. The van der Waals surface area contributed by atoms with E-state index in [2.05, 4.69) is 36.4 Å². The summed E-state index contributed by atoms with van der Waals surface area (Å²) < 4.78 is 0. The minimum atomic E-state index is 0.189. The van der Waals surface area contributed by atoms with Gasteiger partial charge in [-0.3, -0.25) is 9.59 Å². The van der Waals surface area contributed by atoms with Crippen LogP contribution in [0.25, 0.3) is 11.1 Å². The van der Waals surface area contributed by atoms with Gasteiger partial charge >= 0.3 is 0 Å². The third kappa shape index (κ3) is 4.05. The molecule has 0 aromatic heterocycles. The number of amides is 2. The molecule has 4 nitrogen and oxygen atoms in total. The number of hydrogen-bond donors (Lipinski definition) is 0. The molecule has 0 bridgehead atoms. The lowest BCUT2D eigenvalue weighted by molar-refractivity contribution is -0.134. The van der Waals surface area contributed by atoms with Gasteiger partial charge < -0.3 is 9.80 Å². The Morgan fingerprint density at radius 3 is 2.19 bits per heavy atom. The maximum Gasteiger partial charge on any atom is 0.226 e. The van der Waals surface area contributed by atoms with Crippen molar-refractivity contribution < 1.29 is 9.59 Å². The van der Waals surface area contributed by atoms with E-state index >= 15 is 0 Å². The molecule has 0 N–H and O–H groups in total. The smallest absolute Gasteiger partial charge is 0.226 e. The van der Waals surface area contributed by atoms with Gasteiger partial charge in [0.25, 0.3) is 0 Å². The van der Waals surface area contributed by atoms with Crippen LogP contribution in [0.4, 0.5) is 0 Å². The molecule has 2 aliphatic rings. The van der Waals surface area contributed by atoms with E-state index in [1.165, 1.54) is 11.1 Å². The standard InChI is InChI=1S/C23H26N2O2/c26-22-7-4-14-25(22)21-12-15-24(16-13-21)23(27)17-18-8-10-20(11-9-18)19-5-2-1-3-6-19/h1-3,5-6,8-11,21H,4,7,12-17H2. The highest BCUT2D eigenvalue weighted by molar-refractivity contribution is 5.80. The summed E-state index contributed by atoms with van der Waals surface area (Å²) in [7, 11) is 0. The zero-order valence-corrected chi connectivity index (χ0v) is 15.6. The highest BCUT2D eigenvalue weighted by atomic mass is 16.2. The van der Waals surface area contributed by atoms with Gasteiger partial charge in [0.15, 0.2) is 0 Å². The molecule has 2 heterocycles. The van der Waals surface area contributed by atoms with E-state index in [1.54, 1.807) is 0 Å². The highest BCUT2D eigenvalue weighted by Crippen LogP contribution is 2.23. The Kier molecular flexibility index (Phi) is 5.23. The van der Waals surface area contributed by atoms with E-state index in [0.29, 0.717) is 24.8 Å². The third-order valence-corrected chi connectivity index (χ3v) is 5.78. The fourth-order valence-corrected chi connectivity index (χ4v) is 4.21. The quantitative estimate of drug-likeness (QED) is 0.835. The molecule has 4 rings (SSSR count). The van der Waals surface area contributed by atoms with Crippen LogP contribution in [0.5, 0.6) is 0 Å². The summed E-state index contributed by atoms with van der Waals surface area (Å²) in [4.78, 5) is 28.6. The van der Waals surface area contributed by atoms with Gasteiger partial charge in [-0.1, -0.05) is 54.6 Å². The van der Waals surface area contributed by atoms with E-state index < -0.39 is 0 Å². The minimum Gasteiger partial charge on any atom is -0.342 e. The fourth-order valence-electron chi connectivity index (χ4n) is 4.21. The van der Waals surface area contributed by atoms with Crippen LogP contribution in [0.3, 0.4) is 0 Å². The molecule has 2 amide bonds. The first-order valence-electron chi connectivity index (χ1n) is 9.92. The Balaban J connectivity index is 1.31. The zero-order chi connectivity index (χ0) is 18.6. The number of rotatable bonds is 4. The molecule has 2 aromatic carbocycles. The van der Waals surface area contributed by atoms with Crippen LogP contribution in [0.1, 0.15) is 31.2 Å². The predicted molar refractivity (Wildman–Crippen MR) is 106 cm³/mol. The van der Waals surface area contributed by atoms with Gasteiger partial charge in [-0.25, -0.2) is 0 Å². The average molecular weight is 362 g/mol. The van der Waals surface area contributed by atoms with E-state index in [0.717, 1.165) is 44.5 Å². The summed E-state index contributed by atoms with van der Waals surface area (Å²) in [5.74, 6) is 0.479. The highest BCUT2D eigenvalue weighted by Gasteiger charge is 2.31. The third-order valence-electron chi connectivity index (χ3n) is 5.78. The Morgan fingerprint density at radius 1 is 0.889 bits per heavy atom. The monoisotopic (exact) mass is 362 g/mol. The van der Waals surface area contributed by atoms with Gasteiger partial charge in [0, 0.05) is 32.1 Å². The van der Waals surface area contributed by atoms with Crippen LogP contribution in [-0.4, -0.2) is 47.3 Å². The molecule has 0 saturated carbocycles. The molecular weight excluding hydrogens is 336 g/mol. The van der Waals surface area contributed by atoms with Gasteiger partial charge in [-0.15, -0.1) is 0 Å². The summed E-state index contributed by atoms with van der Waals surface area (Å²) in [6.45, 7) is 2.41. The van der Waals surface area contributed by atoms with E-state index in [1.807, 2.05) is 28.0 Å². The second kappa shape index (κ2) is 7.95. The van der Waals surface area contributed by atoms with Crippen LogP contribution >= 0.6 is 0 Å². The lowest BCUT2D eigenvalue weighted by Gasteiger charge is -2.36. The second-order valence-electron chi connectivity index (χ2n) is 7.54. The first-order chi connectivity index (χ1) is 13.2. The van der Waals surface area contributed by atoms with Crippen LogP contribution in [-0.2, 0) is 16.0 Å². The first kappa shape index (κ1) is 17.8. The Morgan fingerprint density at radius 2 is 1.56 bits per heavy atom. The molecule has 0 unspecified atom stereocenters. The average Bonchev–Trinajstić information content (AvgIpc) is 3.15. The van der Waals surface area contributed by atoms with Crippen molar-refractivity contribution in [3.63, 3.8) is 0 Å². The molecule has 2 saturated heterocycles. The topological polar surface area (TPSA) is 40.6 Å². The van der Waals surface area contributed by atoms with E-state index in [-0.39, 0.29) is 5.91 Å². The fraction of sp³-hybridized carbons (Fsp3) is 0.391. The summed E-state index contributed by atoms with van der Waals surface area (Å²) >= 11 is 0. The normalized spacial score (nSPS) is 18.1. The zero-order valence-electron chi connectivity index (χ0n) is 15.6. The molecule has 0 spiro atoms. The SMILES string of the molecule is O=C(Cc1ccc(-c2ccccc2)cc1)N1CCC(N2CCCC2=O)CC1. The molecule has 2 aromatic rings. The second-order valence-corrected chi connectivity index (χ2v) is 7.54. The Labute approximate surface area is 160 Å². The number of piperidine rings is 1. The summed E-state index contributed by atoms with van der Waals surface area (Å²) in [5.41, 5.74) is 3.41. The molecule has 0 atom stereocenters. The van der Waals surface area contributed by atoms with Crippen molar-refractivity contribution in [3.8, 4) is 11.1 Å². The van der Waals surface area contributed by atoms with Gasteiger partial charge in [0.05, 0.1) is 6.42 Å². The number of carbonyl (C=O) groups excluding carboxylic acids is 2. The van der Waals surface area contributed by atoms with E-state index in [9.17, 15) is 9.59 Å². The van der Waals surface area contributed by atoms with Crippen molar-refractivity contribution in [1.29, 1.82) is 0 Å². The van der Waals surface area contributed by atoms with Crippen molar-refractivity contribution in [1.82, 2.24) is 9.80 Å². The largest absolute Gasteiger partial charge is 0.342 e. The molecular formula is C23H26N2O2. The van der Waals surface area contributed by atoms with E-state index in [4.69, 9.17) is 0 Å². The number of hydrogen-bond acceptors (Lipinski definition) is 2. The van der Waals surface area contributed by atoms with Crippen molar-refractivity contribution in [2.24, 2.45) is 0 Å².